The smallest absolute Gasteiger partial charge is 0.150 e. The van der Waals surface area contributed by atoms with Crippen molar-refractivity contribution >= 4 is 0 Å². The summed E-state index contributed by atoms with van der Waals surface area (Å²) in [5.41, 5.74) is -0.667. The van der Waals surface area contributed by atoms with E-state index in [4.69, 9.17) is 0 Å². The van der Waals surface area contributed by atoms with Gasteiger partial charge in [0.1, 0.15) is 12.3 Å². The zero-order valence-corrected chi connectivity index (χ0v) is 5.62. The molecule has 1 N–H and O–H groups in total. The zero-order valence-electron chi connectivity index (χ0n) is 5.62. The van der Waals surface area contributed by atoms with Crippen LogP contribution in [-0.4, -0.2) is 24.4 Å². The van der Waals surface area contributed by atoms with E-state index in [0.717, 1.165) is 0 Å². The molecular formula is C6H11F2N. The van der Waals surface area contributed by atoms with Crippen molar-refractivity contribution in [2.75, 3.05) is 6.54 Å². The molecule has 0 aliphatic carbocycles. The molecule has 2 atom stereocenters. The molecule has 9 heavy (non-hydrogen) atoms. The third-order valence-electron chi connectivity index (χ3n) is 1.76. The molecule has 0 bridgehead atoms. The lowest BCUT2D eigenvalue weighted by atomic mass is 10.0. The van der Waals surface area contributed by atoms with Crippen molar-refractivity contribution in [3.8, 4) is 0 Å². The van der Waals surface area contributed by atoms with Crippen LogP contribution >= 0.6 is 0 Å². The van der Waals surface area contributed by atoms with Crippen LogP contribution in [0, 0.1) is 0 Å². The van der Waals surface area contributed by atoms with Crippen LogP contribution in [0.3, 0.4) is 0 Å². The molecule has 1 saturated heterocycles. The van der Waals surface area contributed by atoms with Crippen LogP contribution in [0.5, 0.6) is 0 Å². The zero-order chi connectivity index (χ0) is 7.07. The molecule has 1 nitrogen and oxygen atoms in total. The highest BCUT2D eigenvalue weighted by Gasteiger charge is 2.42. The first-order chi connectivity index (χ1) is 4.04. The average molecular weight is 135 g/mol. The molecule has 0 amide bonds. The third kappa shape index (κ3) is 1.06. The first-order valence-corrected chi connectivity index (χ1v) is 3.07. The quantitative estimate of drug-likeness (QED) is 0.523. The highest BCUT2D eigenvalue weighted by atomic mass is 19.2. The Balaban J connectivity index is 2.62. The van der Waals surface area contributed by atoms with Gasteiger partial charge in [-0.1, -0.05) is 0 Å². The fourth-order valence-electron chi connectivity index (χ4n) is 1.01. The van der Waals surface area contributed by atoms with Gasteiger partial charge in [-0.15, -0.1) is 0 Å². The predicted octanol–water partition coefficient (Wildman–Crippen LogP) is 1.04. The second-order valence-electron chi connectivity index (χ2n) is 3.02. The summed E-state index contributed by atoms with van der Waals surface area (Å²) in [6, 6.07) is 0. The van der Waals surface area contributed by atoms with Gasteiger partial charge >= 0.3 is 0 Å². The number of nitrogens with one attached hydrogen (secondary N) is 1. The Morgan fingerprint density at radius 2 is 2.00 bits per heavy atom. The van der Waals surface area contributed by atoms with Gasteiger partial charge in [-0.3, -0.25) is 0 Å². The van der Waals surface area contributed by atoms with E-state index in [-0.39, 0.29) is 6.54 Å². The summed E-state index contributed by atoms with van der Waals surface area (Å²) < 4.78 is 25.0. The molecule has 0 aromatic heterocycles. The first-order valence-electron chi connectivity index (χ1n) is 3.07. The van der Waals surface area contributed by atoms with E-state index in [1.165, 1.54) is 0 Å². The molecule has 0 spiro atoms. The van der Waals surface area contributed by atoms with Gasteiger partial charge in [-0.25, -0.2) is 8.78 Å². The van der Waals surface area contributed by atoms with Gasteiger partial charge in [-0.2, -0.15) is 0 Å². The second-order valence-corrected chi connectivity index (χ2v) is 3.02. The minimum atomic E-state index is -1.35. The number of halogens is 2. The fraction of sp³-hybridized carbons (Fsp3) is 1.00. The number of alkyl halides is 2. The molecule has 1 aliphatic heterocycles. The van der Waals surface area contributed by atoms with E-state index in [9.17, 15) is 8.78 Å². The lowest BCUT2D eigenvalue weighted by Gasteiger charge is -2.20. The summed E-state index contributed by atoms with van der Waals surface area (Å²) in [5, 5.41) is 2.75. The summed E-state index contributed by atoms with van der Waals surface area (Å²) in [7, 11) is 0. The standard InChI is InChI=1S/C6H11F2N/c1-6(2)5(8)4(7)3-9-6/h4-5,9H,3H2,1-2H3. The highest BCUT2D eigenvalue weighted by Crippen LogP contribution is 2.24. The second kappa shape index (κ2) is 1.90. The Morgan fingerprint density at radius 3 is 2.11 bits per heavy atom. The van der Waals surface area contributed by atoms with Crippen LogP contribution in [-0.2, 0) is 0 Å². The van der Waals surface area contributed by atoms with Gasteiger partial charge in [0.05, 0.1) is 0 Å². The lowest BCUT2D eigenvalue weighted by molar-refractivity contribution is 0.158. The van der Waals surface area contributed by atoms with Gasteiger partial charge in [0.25, 0.3) is 0 Å². The van der Waals surface area contributed by atoms with E-state index >= 15 is 0 Å². The molecule has 0 aromatic carbocycles. The minimum Gasteiger partial charge on any atom is -0.306 e. The predicted molar refractivity (Wildman–Crippen MR) is 31.9 cm³/mol. The molecule has 1 heterocycles. The van der Waals surface area contributed by atoms with Crippen molar-refractivity contribution < 1.29 is 8.78 Å². The van der Waals surface area contributed by atoms with E-state index in [1.807, 2.05) is 0 Å². The van der Waals surface area contributed by atoms with E-state index in [2.05, 4.69) is 5.32 Å². The molecule has 2 unspecified atom stereocenters. The topological polar surface area (TPSA) is 12.0 Å². The largest absolute Gasteiger partial charge is 0.306 e. The Kier molecular flexibility index (Phi) is 1.47. The van der Waals surface area contributed by atoms with Crippen molar-refractivity contribution in [1.29, 1.82) is 0 Å². The number of hydrogen-bond acceptors (Lipinski definition) is 1. The van der Waals surface area contributed by atoms with Crippen molar-refractivity contribution in [1.82, 2.24) is 5.32 Å². The maximum Gasteiger partial charge on any atom is 0.150 e. The summed E-state index contributed by atoms with van der Waals surface area (Å²) in [6.45, 7) is 3.47. The maximum atomic E-state index is 12.7. The number of hydrogen-bond donors (Lipinski definition) is 1. The first kappa shape index (κ1) is 6.93. The Hall–Kier alpha value is -0.180. The molecule has 1 aliphatic rings. The van der Waals surface area contributed by atoms with Crippen molar-refractivity contribution in [2.24, 2.45) is 0 Å². The SMILES string of the molecule is CC1(C)NCC(F)C1F. The molecule has 1 rings (SSSR count). The maximum absolute atomic E-state index is 12.7. The summed E-state index contributed by atoms with van der Waals surface area (Å²) in [6.07, 6.45) is -2.67. The average Bonchev–Trinajstić information content (AvgIpc) is 1.97. The Morgan fingerprint density at radius 1 is 1.44 bits per heavy atom. The molecule has 0 radical (unpaired) electrons. The molecule has 0 saturated carbocycles. The highest BCUT2D eigenvalue weighted by molar-refractivity contribution is 4.98. The van der Waals surface area contributed by atoms with Crippen LogP contribution in [0.2, 0.25) is 0 Å². The summed E-state index contributed by atoms with van der Waals surface area (Å²) >= 11 is 0. The molecule has 0 aromatic rings. The van der Waals surface area contributed by atoms with Gasteiger partial charge in [-0.05, 0) is 13.8 Å². The van der Waals surface area contributed by atoms with E-state index < -0.39 is 17.9 Å². The van der Waals surface area contributed by atoms with Gasteiger partial charge in [0.15, 0.2) is 0 Å². The molecule has 54 valence electrons. The summed E-state index contributed by atoms with van der Waals surface area (Å²) in [5.74, 6) is 0. The van der Waals surface area contributed by atoms with Gasteiger partial charge in [0.2, 0.25) is 0 Å². The van der Waals surface area contributed by atoms with Crippen LogP contribution < -0.4 is 5.32 Å². The minimum absolute atomic E-state index is 0.147. The van der Waals surface area contributed by atoms with Gasteiger partial charge < -0.3 is 5.32 Å². The van der Waals surface area contributed by atoms with Crippen molar-refractivity contribution in [2.45, 2.75) is 31.7 Å². The van der Waals surface area contributed by atoms with E-state index in [0.29, 0.717) is 0 Å². The lowest BCUT2D eigenvalue weighted by Crippen LogP contribution is -2.39. The van der Waals surface area contributed by atoms with Crippen LogP contribution in [0.25, 0.3) is 0 Å². The molecular weight excluding hydrogens is 124 g/mol. The van der Waals surface area contributed by atoms with E-state index in [1.54, 1.807) is 13.8 Å². The van der Waals surface area contributed by atoms with Crippen LogP contribution in [0.1, 0.15) is 13.8 Å². The normalized spacial score (nSPS) is 41.3. The monoisotopic (exact) mass is 135 g/mol. The summed E-state index contributed by atoms with van der Waals surface area (Å²) in [4.78, 5) is 0. The fourth-order valence-corrected chi connectivity index (χ4v) is 1.01. The van der Waals surface area contributed by atoms with Crippen LogP contribution in [0.15, 0.2) is 0 Å². The third-order valence-corrected chi connectivity index (χ3v) is 1.76. The Bertz CT molecular complexity index is 114. The van der Waals surface area contributed by atoms with Crippen molar-refractivity contribution in [3.63, 3.8) is 0 Å². The molecule has 1 fully saturated rings. The van der Waals surface area contributed by atoms with Crippen LogP contribution in [0.4, 0.5) is 8.78 Å². The van der Waals surface area contributed by atoms with Crippen molar-refractivity contribution in [3.05, 3.63) is 0 Å². The van der Waals surface area contributed by atoms with Gasteiger partial charge in [0, 0.05) is 12.1 Å². The number of rotatable bonds is 0. The Labute approximate surface area is 53.4 Å². The molecule has 3 heteroatoms.